The summed E-state index contributed by atoms with van der Waals surface area (Å²) >= 11 is 0. The monoisotopic (exact) mass is 165 g/mol. The van der Waals surface area contributed by atoms with E-state index in [9.17, 15) is 0 Å². The molecular weight excluding hydrogens is 146 g/mol. The number of rotatable bonds is 2. The van der Waals surface area contributed by atoms with E-state index in [0.717, 1.165) is 6.42 Å². The lowest BCUT2D eigenvalue weighted by Gasteiger charge is -2.04. The highest BCUT2D eigenvalue weighted by atomic mass is 14.8. The molecule has 0 radical (unpaired) electrons. The van der Waals surface area contributed by atoms with Crippen LogP contribution >= 0.6 is 0 Å². The van der Waals surface area contributed by atoms with Gasteiger partial charge < -0.3 is 5.32 Å². The van der Waals surface area contributed by atoms with E-state index in [2.05, 4.69) is 30.4 Å². The molecule has 0 atom stereocenters. The molecule has 0 fully saturated rings. The summed E-state index contributed by atoms with van der Waals surface area (Å²) in [6.45, 7) is 6.16. The van der Waals surface area contributed by atoms with Gasteiger partial charge in [0.1, 0.15) is 0 Å². The number of nitrogens with one attached hydrogen (secondary N) is 1. The highest BCUT2D eigenvalue weighted by molar-refractivity contribution is 5.50. The van der Waals surface area contributed by atoms with Crippen LogP contribution in [-0.4, -0.2) is 7.05 Å². The first-order chi connectivity index (χ1) is 5.88. The van der Waals surface area contributed by atoms with Crippen molar-refractivity contribution in [2.75, 3.05) is 12.4 Å². The Morgan fingerprint density at radius 1 is 1.17 bits per heavy atom. The Labute approximate surface area is 75.8 Å². The molecule has 0 amide bonds. The highest BCUT2D eigenvalue weighted by Gasteiger charge is 1.93. The topological polar surface area (TPSA) is 12.0 Å². The van der Waals surface area contributed by atoms with E-state index in [1.807, 2.05) is 27.0 Å². The van der Waals surface area contributed by atoms with Crippen molar-refractivity contribution in [2.24, 2.45) is 0 Å². The number of benzene rings is 1. The fourth-order valence-electron chi connectivity index (χ4n) is 1.07. The van der Waals surface area contributed by atoms with Crippen molar-refractivity contribution in [3.63, 3.8) is 0 Å². The maximum atomic E-state index is 3.15. The average Bonchev–Trinajstić information content (AvgIpc) is 2.20. The number of aryl methyl sites for hydroxylation is 1. The Hall–Kier alpha value is -0.980. The van der Waals surface area contributed by atoms with Gasteiger partial charge in [0.15, 0.2) is 0 Å². The zero-order chi connectivity index (χ0) is 9.40. The Morgan fingerprint density at radius 3 is 2.17 bits per heavy atom. The lowest BCUT2D eigenvalue weighted by atomic mass is 10.1. The van der Waals surface area contributed by atoms with Crippen LogP contribution in [0, 0.1) is 0 Å². The van der Waals surface area contributed by atoms with Crippen molar-refractivity contribution in [1.82, 2.24) is 0 Å². The number of hydrogen-bond donors (Lipinski definition) is 1. The zero-order valence-electron chi connectivity index (χ0n) is 8.52. The minimum atomic E-state index is 1.09. The molecule has 12 heavy (non-hydrogen) atoms. The normalized spacial score (nSPS) is 8.33. The van der Waals surface area contributed by atoms with Gasteiger partial charge in [-0.25, -0.2) is 0 Å². The van der Waals surface area contributed by atoms with Crippen LogP contribution in [0.25, 0.3) is 0 Å². The van der Waals surface area contributed by atoms with Gasteiger partial charge in [-0.1, -0.05) is 39.0 Å². The van der Waals surface area contributed by atoms with Crippen LogP contribution in [0.2, 0.25) is 0 Å². The largest absolute Gasteiger partial charge is 0.388 e. The molecule has 1 heteroatoms. The minimum Gasteiger partial charge on any atom is -0.388 e. The van der Waals surface area contributed by atoms with Crippen LogP contribution in [0.3, 0.4) is 0 Å². The van der Waals surface area contributed by atoms with Gasteiger partial charge in [0.25, 0.3) is 0 Å². The standard InChI is InChI=1S/C9H13N.C2H6/c1-3-8-6-4-5-7-9(8)10-2;1-2/h4-7,10H,3H2,1-2H3;1-2H3. The number of para-hydroxylation sites is 1. The van der Waals surface area contributed by atoms with Crippen LogP contribution in [0.15, 0.2) is 24.3 Å². The summed E-state index contributed by atoms with van der Waals surface area (Å²) in [5, 5.41) is 3.15. The quantitative estimate of drug-likeness (QED) is 0.709. The van der Waals surface area contributed by atoms with Crippen molar-refractivity contribution in [3.8, 4) is 0 Å². The van der Waals surface area contributed by atoms with Crippen LogP contribution in [0.1, 0.15) is 26.3 Å². The van der Waals surface area contributed by atoms with Gasteiger partial charge in [0.05, 0.1) is 0 Å². The second-order valence-corrected chi connectivity index (χ2v) is 2.26. The summed E-state index contributed by atoms with van der Waals surface area (Å²) in [6.07, 6.45) is 1.09. The zero-order valence-corrected chi connectivity index (χ0v) is 8.52. The highest BCUT2D eigenvalue weighted by Crippen LogP contribution is 2.13. The maximum Gasteiger partial charge on any atom is 0.0370 e. The molecule has 0 saturated carbocycles. The molecule has 68 valence electrons. The summed E-state index contributed by atoms with van der Waals surface area (Å²) in [7, 11) is 1.95. The lowest BCUT2D eigenvalue weighted by Crippen LogP contribution is -1.92. The molecule has 0 spiro atoms. The van der Waals surface area contributed by atoms with Crippen LogP contribution in [-0.2, 0) is 6.42 Å². The summed E-state index contributed by atoms with van der Waals surface area (Å²) in [5.41, 5.74) is 2.62. The summed E-state index contributed by atoms with van der Waals surface area (Å²) in [5.74, 6) is 0. The van der Waals surface area contributed by atoms with Crippen molar-refractivity contribution in [3.05, 3.63) is 29.8 Å². The molecule has 1 rings (SSSR count). The predicted molar refractivity (Wildman–Crippen MR) is 56.7 cm³/mol. The van der Waals surface area contributed by atoms with E-state index in [1.54, 1.807) is 0 Å². The van der Waals surface area contributed by atoms with Gasteiger partial charge in [-0.15, -0.1) is 0 Å². The third-order valence-electron chi connectivity index (χ3n) is 1.67. The molecule has 1 nitrogen and oxygen atoms in total. The Kier molecular flexibility index (Phi) is 6.16. The van der Waals surface area contributed by atoms with Crippen molar-refractivity contribution in [1.29, 1.82) is 0 Å². The van der Waals surface area contributed by atoms with E-state index in [-0.39, 0.29) is 0 Å². The molecule has 0 aliphatic heterocycles. The van der Waals surface area contributed by atoms with Crippen molar-refractivity contribution < 1.29 is 0 Å². The smallest absolute Gasteiger partial charge is 0.0370 e. The summed E-state index contributed by atoms with van der Waals surface area (Å²) < 4.78 is 0. The van der Waals surface area contributed by atoms with Gasteiger partial charge in [0.2, 0.25) is 0 Å². The second kappa shape index (κ2) is 6.71. The summed E-state index contributed by atoms with van der Waals surface area (Å²) in [6, 6.07) is 8.36. The molecule has 0 aromatic heterocycles. The predicted octanol–water partition coefficient (Wildman–Crippen LogP) is 3.32. The van der Waals surface area contributed by atoms with Gasteiger partial charge in [-0.05, 0) is 18.1 Å². The first-order valence-electron chi connectivity index (χ1n) is 4.64. The Balaban J connectivity index is 0.000000561. The molecule has 0 saturated heterocycles. The van der Waals surface area contributed by atoms with Crippen molar-refractivity contribution >= 4 is 5.69 Å². The fourth-order valence-corrected chi connectivity index (χ4v) is 1.07. The van der Waals surface area contributed by atoms with Crippen LogP contribution in [0.4, 0.5) is 5.69 Å². The van der Waals surface area contributed by atoms with Gasteiger partial charge in [0, 0.05) is 12.7 Å². The molecule has 1 N–H and O–H groups in total. The van der Waals surface area contributed by atoms with Gasteiger partial charge >= 0.3 is 0 Å². The first-order valence-corrected chi connectivity index (χ1v) is 4.64. The van der Waals surface area contributed by atoms with E-state index in [0.29, 0.717) is 0 Å². The molecule has 0 unspecified atom stereocenters. The Bertz CT molecular complexity index is 183. The average molecular weight is 165 g/mol. The SMILES string of the molecule is CC.CCc1ccccc1NC. The molecule has 0 aliphatic rings. The molecule has 0 bridgehead atoms. The summed E-state index contributed by atoms with van der Waals surface area (Å²) in [4.78, 5) is 0. The first kappa shape index (κ1) is 11.0. The Morgan fingerprint density at radius 2 is 1.75 bits per heavy atom. The van der Waals surface area contributed by atoms with Crippen LogP contribution in [0.5, 0.6) is 0 Å². The third-order valence-corrected chi connectivity index (χ3v) is 1.67. The number of hydrogen-bond acceptors (Lipinski definition) is 1. The third kappa shape index (κ3) is 2.95. The van der Waals surface area contributed by atoms with Crippen LogP contribution < -0.4 is 5.32 Å². The van der Waals surface area contributed by atoms with E-state index in [1.165, 1.54) is 11.3 Å². The van der Waals surface area contributed by atoms with E-state index < -0.39 is 0 Å². The number of anilines is 1. The van der Waals surface area contributed by atoms with Gasteiger partial charge in [-0.3, -0.25) is 0 Å². The van der Waals surface area contributed by atoms with Gasteiger partial charge in [-0.2, -0.15) is 0 Å². The van der Waals surface area contributed by atoms with E-state index in [4.69, 9.17) is 0 Å². The van der Waals surface area contributed by atoms with Crippen molar-refractivity contribution in [2.45, 2.75) is 27.2 Å². The second-order valence-electron chi connectivity index (χ2n) is 2.26. The molecule has 1 aromatic rings. The maximum absolute atomic E-state index is 3.15. The van der Waals surface area contributed by atoms with E-state index >= 15 is 0 Å². The molecule has 1 aromatic carbocycles. The molecular formula is C11H19N. The molecule has 0 heterocycles. The lowest BCUT2D eigenvalue weighted by molar-refractivity contribution is 1.14. The fraction of sp³-hybridized carbons (Fsp3) is 0.455. The molecule has 0 aliphatic carbocycles. The minimum absolute atomic E-state index is 1.09.